The number of benzene rings is 2. The molecule has 1 aromatic heterocycles. The third-order valence-corrected chi connectivity index (χ3v) is 5.19. The molecule has 134 valence electrons. The zero-order chi connectivity index (χ0) is 18.4. The summed E-state index contributed by atoms with van der Waals surface area (Å²) in [5.74, 6) is 1.08. The molecule has 26 heavy (non-hydrogen) atoms. The van der Waals surface area contributed by atoms with Gasteiger partial charge >= 0.3 is 0 Å². The first-order valence-electron chi connectivity index (χ1n) is 7.97. The summed E-state index contributed by atoms with van der Waals surface area (Å²) in [6, 6.07) is 15.6. The van der Waals surface area contributed by atoms with Crippen molar-refractivity contribution in [2.45, 2.75) is 11.7 Å². The fourth-order valence-corrected chi connectivity index (χ4v) is 3.39. The zero-order valence-electron chi connectivity index (χ0n) is 14.2. The fraction of sp³-hybridized carbons (Fsp3) is 0.158. The van der Waals surface area contributed by atoms with Crippen molar-refractivity contribution in [3.05, 3.63) is 71.0 Å². The van der Waals surface area contributed by atoms with Crippen molar-refractivity contribution >= 4 is 33.6 Å². The van der Waals surface area contributed by atoms with Gasteiger partial charge in [-0.3, -0.25) is 9.36 Å². The van der Waals surface area contributed by atoms with Crippen molar-refractivity contribution in [3.63, 3.8) is 0 Å². The van der Waals surface area contributed by atoms with Gasteiger partial charge in [-0.2, -0.15) is 0 Å². The van der Waals surface area contributed by atoms with Crippen molar-refractivity contribution < 1.29 is 9.53 Å². The van der Waals surface area contributed by atoms with Crippen LogP contribution in [-0.2, 0) is 11.3 Å². The Balaban J connectivity index is 1.53. The number of carbonyl (C=O) groups is 1. The van der Waals surface area contributed by atoms with E-state index in [1.807, 2.05) is 59.3 Å². The Kier molecular flexibility index (Phi) is 6.35. The summed E-state index contributed by atoms with van der Waals surface area (Å²) in [7, 11) is 1.63. The van der Waals surface area contributed by atoms with Gasteiger partial charge < -0.3 is 10.1 Å². The van der Waals surface area contributed by atoms with Gasteiger partial charge in [-0.1, -0.05) is 39.8 Å². The topological polar surface area (TPSA) is 56.1 Å². The maximum Gasteiger partial charge on any atom is 0.230 e. The lowest BCUT2D eigenvalue weighted by molar-refractivity contribution is -0.118. The highest BCUT2D eigenvalue weighted by Crippen LogP contribution is 2.21. The summed E-state index contributed by atoms with van der Waals surface area (Å²) in [5, 5.41) is 3.71. The molecule has 0 radical (unpaired) electrons. The minimum atomic E-state index is -0.0313. The number of halogens is 1. The number of aromatic nitrogens is 2. The average molecular weight is 432 g/mol. The Hall–Kier alpha value is -2.25. The molecule has 0 saturated heterocycles. The molecule has 3 aromatic rings. The van der Waals surface area contributed by atoms with Gasteiger partial charge in [0, 0.05) is 29.1 Å². The number of thioether (sulfide) groups is 1. The first-order valence-corrected chi connectivity index (χ1v) is 9.75. The first-order chi connectivity index (χ1) is 12.7. The van der Waals surface area contributed by atoms with Gasteiger partial charge in [0.15, 0.2) is 5.16 Å². The van der Waals surface area contributed by atoms with E-state index >= 15 is 0 Å². The number of methoxy groups -OCH3 is 1. The van der Waals surface area contributed by atoms with E-state index in [1.54, 1.807) is 13.3 Å². The minimum Gasteiger partial charge on any atom is -0.497 e. The highest BCUT2D eigenvalue weighted by molar-refractivity contribution is 9.10. The Labute approximate surface area is 164 Å². The second-order valence-corrected chi connectivity index (χ2v) is 7.33. The number of imidazole rings is 1. The van der Waals surface area contributed by atoms with E-state index in [9.17, 15) is 4.79 Å². The van der Waals surface area contributed by atoms with Crippen LogP contribution in [0.1, 0.15) is 5.56 Å². The summed E-state index contributed by atoms with van der Waals surface area (Å²) in [5.41, 5.74) is 2.03. The molecule has 1 heterocycles. The Morgan fingerprint density at radius 2 is 1.92 bits per heavy atom. The van der Waals surface area contributed by atoms with Crippen LogP contribution in [0.5, 0.6) is 5.75 Å². The van der Waals surface area contributed by atoms with E-state index in [1.165, 1.54) is 11.8 Å². The Morgan fingerprint density at radius 3 is 2.62 bits per heavy atom. The monoisotopic (exact) mass is 431 g/mol. The van der Waals surface area contributed by atoms with Crippen LogP contribution in [0.15, 0.2) is 70.6 Å². The SMILES string of the molecule is COc1ccc(CNC(=O)CSc2nccn2-c2ccc(Br)cc2)cc1. The van der Waals surface area contributed by atoms with Crippen LogP contribution in [-0.4, -0.2) is 28.3 Å². The van der Waals surface area contributed by atoms with Gasteiger partial charge in [-0.25, -0.2) is 4.98 Å². The quantitative estimate of drug-likeness (QED) is 0.573. The molecule has 0 atom stereocenters. The molecule has 0 unspecified atom stereocenters. The fourth-order valence-electron chi connectivity index (χ4n) is 2.32. The number of rotatable bonds is 7. The van der Waals surface area contributed by atoms with Crippen molar-refractivity contribution in [3.8, 4) is 11.4 Å². The average Bonchev–Trinajstić information content (AvgIpc) is 3.14. The lowest BCUT2D eigenvalue weighted by Gasteiger charge is -2.08. The molecular weight excluding hydrogens is 414 g/mol. The third-order valence-electron chi connectivity index (χ3n) is 3.69. The molecule has 1 N–H and O–H groups in total. The largest absolute Gasteiger partial charge is 0.497 e. The highest BCUT2D eigenvalue weighted by atomic mass is 79.9. The van der Waals surface area contributed by atoms with Crippen LogP contribution in [0.25, 0.3) is 5.69 Å². The molecule has 0 spiro atoms. The number of nitrogens with one attached hydrogen (secondary N) is 1. The van der Waals surface area contributed by atoms with E-state index in [0.717, 1.165) is 26.6 Å². The van der Waals surface area contributed by atoms with Gasteiger partial charge in [-0.05, 0) is 42.0 Å². The standard InChI is InChI=1S/C19H18BrN3O2S/c1-25-17-8-2-14(3-9-17)12-22-18(24)13-26-19-21-10-11-23(19)16-6-4-15(20)5-7-16/h2-11H,12-13H2,1H3,(H,22,24). The number of nitrogens with zero attached hydrogens (tertiary/aromatic N) is 2. The van der Waals surface area contributed by atoms with E-state index in [-0.39, 0.29) is 5.91 Å². The second kappa shape index (κ2) is 8.91. The lowest BCUT2D eigenvalue weighted by Crippen LogP contribution is -2.24. The number of hydrogen-bond donors (Lipinski definition) is 1. The van der Waals surface area contributed by atoms with Gasteiger partial charge in [0.2, 0.25) is 5.91 Å². The number of carbonyl (C=O) groups excluding carboxylic acids is 1. The summed E-state index contributed by atoms with van der Waals surface area (Å²) >= 11 is 4.84. The summed E-state index contributed by atoms with van der Waals surface area (Å²) < 4.78 is 8.11. The predicted octanol–water partition coefficient (Wildman–Crippen LogP) is 4.05. The van der Waals surface area contributed by atoms with Crippen LogP contribution in [0, 0.1) is 0 Å². The summed E-state index contributed by atoms with van der Waals surface area (Å²) in [6.45, 7) is 0.491. The number of amides is 1. The third kappa shape index (κ3) is 4.89. The lowest BCUT2D eigenvalue weighted by atomic mass is 10.2. The molecule has 0 fully saturated rings. The van der Waals surface area contributed by atoms with E-state index in [4.69, 9.17) is 4.74 Å². The maximum atomic E-state index is 12.1. The van der Waals surface area contributed by atoms with Crippen molar-refractivity contribution in [2.75, 3.05) is 12.9 Å². The molecule has 0 saturated carbocycles. The normalized spacial score (nSPS) is 10.5. The highest BCUT2D eigenvalue weighted by Gasteiger charge is 2.09. The molecular formula is C19H18BrN3O2S. The number of hydrogen-bond acceptors (Lipinski definition) is 4. The second-order valence-electron chi connectivity index (χ2n) is 5.47. The summed E-state index contributed by atoms with van der Waals surface area (Å²) in [6.07, 6.45) is 3.63. The van der Waals surface area contributed by atoms with Crippen molar-refractivity contribution in [2.24, 2.45) is 0 Å². The molecule has 0 aliphatic heterocycles. The van der Waals surface area contributed by atoms with E-state index in [2.05, 4.69) is 26.2 Å². The van der Waals surface area contributed by atoms with Gasteiger partial charge in [0.1, 0.15) is 5.75 Å². The van der Waals surface area contributed by atoms with Crippen LogP contribution < -0.4 is 10.1 Å². The zero-order valence-corrected chi connectivity index (χ0v) is 16.6. The van der Waals surface area contributed by atoms with E-state index < -0.39 is 0 Å². The van der Waals surface area contributed by atoms with Gasteiger partial charge in [0.25, 0.3) is 0 Å². The molecule has 0 aliphatic carbocycles. The van der Waals surface area contributed by atoms with Crippen LogP contribution in [0.4, 0.5) is 0 Å². The first kappa shape index (κ1) is 18.5. The molecule has 2 aromatic carbocycles. The maximum absolute atomic E-state index is 12.1. The molecule has 0 aliphatic rings. The van der Waals surface area contributed by atoms with Crippen molar-refractivity contribution in [1.82, 2.24) is 14.9 Å². The Morgan fingerprint density at radius 1 is 1.19 bits per heavy atom. The van der Waals surface area contributed by atoms with E-state index in [0.29, 0.717) is 12.3 Å². The molecule has 5 nitrogen and oxygen atoms in total. The molecule has 0 bridgehead atoms. The van der Waals surface area contributed by atoms with Gasteiger partial charge in [-0.15, -0.1) is 0 Å². The molecule has 3 rings (SSSR count). The van der Waals surface area contributed by atoms with Crippen LogP contribution >= 0.6 is 27.7 Å². The smallest absolute Gasteiger partial charge is 0.230 e. The molecule has 7 heteroatoms. The van der Waals surface area contributed by atoms with Crippen LogP contribution in [0.2, 0.25) is 0 Å². The summed E-state index contributed by atoms with van der Waals surface area (Å²) in [4.78, 5) is 16.5. The van der Waals surface area contributed by atoms with Gasteiger partial charge in [0.05, 0.1) is 12.9 Å². The predicted molar refractivity (Wildman–Crippen MR) is 107 cm³/mol. The molecule has 1 amide bonds. The Bertz CT molecular complexity index is 863. The van der Waals surface area contributed by atoms with Crippen LogP contribution in [0.3, 0.4) is 0 Å². The number of ether oxygens (including phenoxy) is 1. The van der Waals surface area contributed by atoms with Crippen molar-refractivity contribution in [1.29, 1.82) is 0 Å². The minimum absolute atomic E-state index is 0.0313.